The van der Waals surface area contributed by atoms with E-state index in [0.29, 0.717) is 19.3 Å². The van der Waals surface area contributed by atoms with Crippen molar-refractivity contribution in [2.24, 2.45) is 5.92 Å². The number of hydrogen-bond acceptors (Lipinski definition) is 4. The molecule has 0 unspecified atom stereocenters. The Kier molecular flexibility index (Phi) is 20.2. The highest BCUT2D eigenvalue weighted by Crippen LogP contribution is 2.13. The van der Waals surface area contributed by atoms with Gasteiger partial charge in [-0.05, 0) is 12.8 Å². The van der Waals surface area contributed by atoms with Crippen LogP contribution in [0, 0.1) is 5.92 Å². The summed E-state index contributed by atoms with van der Waals surface area (Å²) in [7, 11) is 0. The van der Waals surface area contributed by atoms with Crippen LogP contribution in [-0.2, 0) is 14.3 Å². The van der Waals surface area contributed by atoms with Crippen LogP contribution in [-0.4, -0.2) is 30.1 Å². The number of ether oxygens (including phenoxy) is 1. The summed E-state index contributed by atoms with van der Waals surface area (Å²) in [5.74, 6) is -0.280. The Bertz CT molecular complexity index is 368. The van der Waals surface area contributed by atoms with Crippen LogP contribution in [0.1, 0.15) is 123 Å². The van der Waals surface area contributed by atoms with Gasteiger partial charge in [-0.15, -0.1) is 0 Å². The van der Waals surface area contributed by atoms with Crippen molar-refractivity contribution >= 4 is 11.8 Å². The lowest BCUT2D eigenvalue weighted by molar-refractivity contribution is -0.146. The first kappa shape index (κ1) is 27.1. The molecule has 1 atom stereocenters. The van der Waals surface area contributed by atoms with E-state index in [1.807, 2.05) is 0 Å². The first-order valence-electron chi connectivity index (χ1n) is 11.9. The van der Waals surface area contributed by atoms with Crippen LogP contribution in [0.15, 0.2) is 0 Å². The number of ketones is 1. The quantitative estimate of drug-likeness (QED) is 0.180. The van der Waals surface area contributed by atoms with Gasteiger partial charge in [-0.3, -0.25) is 9.59 Å². The van der Waals surface area contributed by atoms with E-state index < -0.39 is 0 Å². The first-order valence-corrected chi connectivity index (χ1v) is 11.9. The molecule has 0 fully saturated rings. The fourth-order valence-electron chi connectivity index (χ4n) is 3.39. The fraction of sp³-hybridized carbons (Fsp3) is 0.917. The second-order valence-electron chi connectivity index (χ2n) is 8.22. The fourth-order valence-corrected chi connectivity index (χ4v) is 3.39. The highest BCUT2D eigenvalue weighted by molar-refractivity contribution is 5.78. The summed E-state index contributed by atoms with van der Waals surface area (Å²) >= 11 is 0. The topological polar surface area (TPSA) is 63.6 Å². The molecule has 0 amide bonds. The lowest BCUT2D eigenvalue weighted by atomic mass is 10.00. The summed E-state index contributed by atoms with van der Waals surface area (Å²) in [4.78, 5) is 23.9. The van der Waals surface area contributed by atoms with Crippen molar-refractivity contribution in [2.75, 3.05) is 13.2 Å². The molecule has 1 N–H and O–H groups in total. The predicted octanol–water partition coefficient (Wildman–Crippen LogP) is 6.38. The van der Waals surface area contributed by atoms with E-state index in [4.69, 9.17) is 4.74 Å². The SMILES string of the molecule is CCCCCCCCCC(=O)C[C@@H](CO)COC(=O)CCCCCCCCC. The highest BCUT2D eigenvalue weighted by atomic mass is 16.5. The van der Waals surface area contributed by atoms with Gasteiger partial charge in [-0.25, -0.2) is 0 Å². The molecule has 0 aliphatic heterocycles. The van der Waals surface area contributed by atoms with Gasteiger partial charge in [-0.2, -0.15) is 0 Å². The minimum Gasteiger partial charge on any atom is -0.465 e. The van der Waals surface area contributed by atoms with E-state index in [2.05, 4.69) is 13.8 Å². The summed E-state index contributed by atoms with van der Waals surface area (Å²) in [6, 6.07) is 0. The lowest BCUT2D eigenvalue weighted by Crippen LogP contribution is -2.20. The molecule has 28 heavy (non-hydrogen) atoms. The Hall–Kier alpha value is -0.900. The summed E-state index contributed by atoms with van der Waals surface area (Å²) in [5.41, 5.74) is 0. The predicted molar refractivity (Wildman–Crippen MR) is 116 cm³/mol. The molecule has 0 aromatic carbocycles. The van der Waals surface area contributed by atoms with E-state index in [1.165, 1.54) is 64.2 Å². The summed E-state index contributed by atoms with van der Waals surface area (Å²) in [6.45, 7) is 4.48. The van der Waals surface area contributed by atoms with Gasteiger partial charge in [0.25, 0.3) is 0 Å². The zero-order chi connectivity index (χ0) is 20.9. The van der Waals surface area contributed by atoms with Gasteiger partial charge >= 0.3 is 5.97 Å². The first-order chi connectivity index (χ1) is 13.6. The number of hydrogen-bond donors (Lipinski definition) is 1. The average molecular weight is 399 g/mol. The molecule has 0 saturated heterocycles. The van der Waals surface area contributed by atoms with Crippen molar-refractivity contribution in [3.8, 4) is 0 Å². The third-order valence-corrected chi connectivity index (χ3v) is 5.30. The second kappa shape index (κ2) is 20.8. The third kappa shape index (κ3) is 18.5. The molecular formula is C24H46O4. The van der Waals surface area contributed by atoms with Gasteiger partial charge in [0.2, 0.25) is 0 Å². The molecule has 0 aliphatic carbocycles. The molecule has 0 spiro atoms. The van der Waals surface area contributed by atoms with Crippen molar-refractivity contribution in [3.63, 3.8) is 0 Å². The number of carbonyl (C=O) groups excluding carboxylic acids is 2. The van der Waals surface area contributed by atoms with E-state index >= 15 is 0 Å². The van der Waals surface area contributed by atoms with Crippen LogP contribution in [0.25, 0.3) is 0 Å². The lowest BCUT2D eigenvalue weighted by Gasteiger charge is -2.14. The minimum absolute atomic E-state index is 0.104. The van der Waals surface area contributed by atoms with Crippen molar-refractivity contribution in [1.29, 1.82) is 0 Å². The third-order valence-electron chi connectivity index (χ3n) is 5.30. The van der Waals surface area contributed by atoms with E-state index in [0.717, 1.165) is 25.7 Å². The summed E-state index contributed by atoms with van der Waals surface area (Å²) in [6.07, 6.45) is 17.9. The zero-order valence-corrected chi connectivity index (χ0v) is 18.7. The molecule has 4 heteroatoms. The number of rotatable bonds is 21. The normalized spacial score (nSPS) is 12.1. The molecule has 0 heterocycles. The van der Waals surface area contributed by atoms with Crippen LogP contribution in [0.3, 0.4) is 0 Å². The zero-order valence-electron chi connectivity index (χ0n) is 18.7. The maximum absolute atomic E-state index is 12.1. The van der Waals surface area contributed by atoms with Crippen LogP contribution in [0.2, 0.25) is 0 Å². The van der Waals surface area contributed by atoms with Gasteiger partial charge in [-0.1, -0.05) is 90.9 Å². The van der Waals surface area contributed by atoms with Crippen molar-refractivity contribution in [2.45, 2.75) is 123 Å². The standard InChI is InChI=1S/C24H46O4/c1-3-5-7-9-11-13-15-17-23(26)19-22(20-25)21-28-24(27)18-16-14-12-10-8-6-4-2/h22,25H,3-21H2,1-2H3/t22-/m0/s1. The van der Waals surface area contributed by atoms with Crippen molar-refractivity contribution < 1.29 is 19.4 Å². The smallest absolute Gasteiger partial charge is 0.305 e. The summed E-state index contributed by atoms with van der Waals surface area (Å²) < 4.78 is 5.27. The molecule has 4 nitrogen and oxygen atoms in total. The highest BCUT2D eigenvalue weighted by Gasteiger charge is 2.15. The number of Topliss-reactive ketones (excluding diaryl/α,β-unsaturated/α-hetero) is 1. The molecular weight excluding hydrogens is 352 g/mol. The molecule has 166 valence electrons. The number of esters is 1. The Morgan fingerprint density at radius 3 is 1.68 bits per heavy atom. The van der Waals surface area contributed by atoms with Gasteiger partial charge in [0.05, 0.1) is 6.61 Å². The molecule has 0 aromatic rings. The number of aliphatic hydroxyl groups is 1. The Morgan fingerprint density at radius 2 is 1.18 bits per heavy atom. The average Bonchev–Trinajstić information content (AvgIpc) is 2.69. The van der Waals surface area contributed by atoms with Gasteiger partial charge in [0, 0.05) is 31.8 Å². The molecule has 0 aliphatic rings. The van der Waals surface area contributed by atoms with Crippen LogP contribution >= 0.6 is 0 Å². The number of unbranched alkanes of at least 4 members (excludes halogenated alkanes) is 12. The Balaban J connectivity index is 3.67. The van der Waals surface area contributed by atoms with E-state index in [9.17, 15) is 14.7 Å². The van der Waals surface area contributed by atoms with Crippen LogP contribution < -0.4 is 0 Å². The largest absolute Gasteiger partial charge is 0.465 e. The van der Waals surface area contributed by atoms with Crippen LogP contribution in [0.4, 0.5) is 0 Å². The summed E-state index contributed by atoms with van der Waals surface area (Å²) in [5, 5.41) is 9.45. The minimum atomic E-state index is -0.255. The second-order valence-corrected chi connectivity index (χ2v) is 8.22. The molecule has 0 rings (SSSR count). The van der Waals surface area contributed by atoms with E-state index in [-0.39, 0.29) is 30.9 Å². The number of aliphatic hydroxyl groups excluding tert-OH is 1. The molecule has 0 aromatic heterocycles. The molecule has 0 saturated carbocycles. The monoisotopic (exact) mass is 398 g/mol. The molecule has 0 radical (unpaired) electrons. The van der Waals surface area contributed by atoms with Crippen LogP contribution in [0.5, 0.6) is 0 Å². The molecule has 0 bridgehead atoms. The van der Waals surface area contributed by atoms with Gasteiger partial charge in [0.15, 0.2) is 0 Å². The maximum Gasteiger partial charge on any atom is 0.305 e. The Labute approximate surface area is 173 Å². The van der Waals surface area contributed by atoms with Crippen molar-refractivity contribution in [1.82, 2.24) is 0 Å². The van der Waals surface area contributed by atoms with Gasteiger partial charge in [0.1, 0.15) is 5.78 Å². The van der Waals surface area contributed by atoms with E-state index in [1.54, 1.807) is 0 Å². The van der Waals surface area contributed by atoms with Gasteiger partial charge < -0.3 is 9.84 Å². The Morgan fingerprint density at radius 1 is 0.714 bits per heavy atom. The van der Waals surface area contributed by atoms with Crippen molar-refractivity contribution in [3.05, 3.63) is 0 Å². The maximum atomic E-state index is 12.1. The number of carbonyl (C=O) groups is 2.